The number of alkyl halides is 2. The van der Waals surface area contributed by atoms with Crippen LogP contribution in [0.2, 0.25) is 0 Å². The first-order chi connectivity index (χ1) is 6.97. The minimum atomic E-state index is -2.64. The lowest BCUT2D eigenvalue weighted by Gasteiger charge is -2.46. The summed E-state index contributed by atoms with van der Waals surface area (Å²) in [6, 6.07) is 7.32. The smallest absolute Gasteiger partial charge is 0.206 e. The average Bonchev–Trinajstić information content (AvgIpc) is 2.03. The van der Waals surface area contributed by atoms with Crippen molar-refractivity contribution in [3.05, 3.63) is 34.3 Å². The van der Waals surface area contributed by atoms with Crippen LogP contribution in [-0.2, 0) is 5.41 Å². The van der Waals surface area contributed by atoms with Crippen molar-refractivity contribution in [2.45, 2.75) is 37.5 Å². The van der Waals surface area contributed by atoms with Gasteiger partial charge in [-0.05, 0) is 24.5 Å². The van der Waals surface area contributed by atoms with Crippen molar-refractivity contribution in [1.29, 1.82) is 0 Å². The Hall–Kier alpha value is -0.440. The van der Waals surface area contributed by atoms with Crippen LogP contribution in [0.15, 0.2) is 28.7 Å². The third-order valence-electron chi connectivity index (χ3n) is 3.44. The van der Waals surface area contributed by atoms with Gasteiger partial charge in [-0.25, -0.2) is 8.78 Å². The molecule has 2 rings (SSSR count). The van der Waals surface area contributed by atoms with Crippen LogP contribution in [0.25, 0.3) is 0 Å². The lowest BCUT2D eigenvalue weighted by atomic mass is 9.61. The maximum absolute atomic E-state index is 13.7. The van der Waals surface area contributed by atoms with Gasteiger partial charge in [0.1, 0.15) is 0 Å². The van der Waals surface area contributed by atoms with Gasteiger partial charge in [-0.1, -0.05) is 40.5 Å². The van der Waals surface area contributed by atoms with Crippen LogP contribution in [0.4, 0.5) is 8.78 Å². The zero-order chi connectivity index (χ0) is 11.1. The molecule has 0 aromatic heterocycles. The Morgan fingerprint density at radius 3 is 2.27 bits per heavy atom. The molecule has 0 heterocycles. The van der Waals surface area contributed by atoms with Crippen molar-refractivity contribution in [3.8, 4) is 0 Å². The molecule has 0 N–H and O–H groups in total. The van der Waals surface area contributed by atoms with Crippen molar-refractivity contribution in [2.75, 3.05) is 0 Å². The zero-order valence-electron chi connectivity index (χ0n) is 8.56. The molecule has 1 fully saturated rings. The topological polar surface area (TPSA) is 0 Å². The van der Waals surface area contributed by atoms with E-state index >= 15 is 0 Å². The lowest BCUT2D eigenvalue weighted by molar-refractivity contribution is -0.0972. The summed E-state index contributed by atoms with van der Waals surface area (Å²) < 4.78 is 28.1. The summed E-state index contributed by atoms with van der Waals surface area (Å²) in [6.07, 6.45) is 2.06. The Morgan fingerprint density at radius 2 is 1.87 bits per heavy atom. The van der Waals surface area contributed by atoms with Crippen molar-refractivity contribution in [1.82, 2.24) is 0 Å². The SMILES string of the molecule is CC(F)(F)C1(c2ccccc2Br)CCC1. The largest absolute Gasteiger partial charge is 0.254 e. The maximum Gasteiger partial charge on any atom is 0.254 e. The fourth-order valence-electron chi connectivity index (χ4n) is 2.32. The molecular formula is C12H13BrF2. The molecule has 0 spiro atoms. The molecule has 1 saturated carbocycles. The van der Waals surface area contributed by atoms with E-state index in [1.165, 1.54) is 0 Å². The Balaban J connectivity index is 2.48. The van der Waals surface area contributed by atoms with E-state index in [9.17, 15) is 8.78 Å². The summed E-state index contributed by atoms with van der Waals surface area (Å²) in [5.41, 5.74) is -0.184. The normalized spacial score (nSPS) is 19.7. The molecule has 15 heavy (non-hydrogen) atoms. The summed E-state index contributed by atoms with van der Waals surface area (Å²) in [5.74, 6) is -2.64. The van der Waals surface area contributed by atoms with Crippen LogP contribution in [0.5, 0.6) is 0 Å². The van der Waals surface area contributed by atoms with E-state index in [2.05, 4.69) is 15.9 Å². The molecule has 1 aliphatic rings. The van der Waals surface area contributed by atoms with Crippen LogP contribution >= 0.6 is 15.9 Å². The fraction of sp³-hybridized carbons (Fsp3) is 0.500. The molecule has 0 atom stereocenters. The highest BCUT2D eigenvalue weighted by molar-refractivity contribution is 9.10. The molecule has 3 heteroatoms. The molecule has 0 nitrogen and oxygen atoms in total. The standard InChI is InChI=1S/C12H13BrF2/c1-11(14,15)12(7-4-8-12)9-5-2-3-6-10(9)13/h2-3,5-6H,4,7-8H2,1H3. The van der Waals surface area contributed by atoms with Gasteiger partial charge < -0.3 is 0 Å². The Kier molecular flexibility index (Phi) is 2.61. The second-order valence-electron chi connectivity index (χ2n) is 4.30. The van der Waals surface area contributed by atoms with Gasteiger partial charge in [0.05, 0.1) is 5.41 Å². The van der Waals surface area contributed by atoms with Crippen molar-refractivity contribution in [3.63, 3.8) is 0 Å². The molecule has 82 valence electrons. The van der Waals surface area contributed by atoms with Crippen LogP contribution in [0.1, 0.15) is 31.7 Å². The Bertz CT molecular complexity index is 364. The van der Waals surface area contributed by atoms with Crippen LogP contribution in [-0.4, -0.2) is 5.92 Å². The molecule has 0 unspecified atom stereocenters. The van der Waals surface area contributed by atoms with E-state index in [1.54, 1.807) is 6.07 Å². The van der Waals surface area contributed by atoms with Gasteiger partial charge >= 0.3 is 0 Å². The Labute approximate surface area is 96.8 Å². The predicted octanol–water partition coefficient (Wildman–Crippen LogP) is 4.53. The number of benzene rings is 1. The van der Waals surface area contributed by atoms with Gasteiger partial charge in [-0.15, -0.1) is 0 Å². The highest BCUT2D eigenvalue weighted by atomic mass is 79.9. The van der Waals surface area contributed by atoms with Gasteiger partial charge in [-0.3, -0.25) is 0 Å². The summed E-state index contributed by atoms with van der Waals surface area (Å²) in [7, 11) is 0. The number of halogens is 3. The Morgan fingerprint density at radius 1 is 1.27 bits per heavy atom. The summed E-state index contributed by atoms with van der Waals surface area (Å²) in [6.45, 7) is 1.03. The molecule has 1 aliphatic carbocycles. The monoisotopic (exact) mass is 274 g/mol. The summed E-state index contributed by atoms with van der Waals surface area (Å²) in [4.78, 5) is 0. The molecule has 0 amide bonds. The first-order valence-corrected chi connectivity index (χ1v) is 5.89. The van der Waals surface area contributed by atoms with E-state index in [4.69, 9.17) is 0 Å². The van der Waals surface area contributed by atoms with E-state index in [-0.39, 0.29) is 0 Å². The van der Waals surface area contributed by atoms with Gasteiger partial charge in [0.25, 0.3) is 5.92 Å². The number of rotatable bonds is 2. The molecule has 0 radical (unpaired) electrons. The fourth-order valence-corrected chi connectivity index (χ4v) is 2.99. The average molecular weight is 275 g/mol. The quantitative estimate of drug-likeness (QED) is 0.744. The third kappa shape index (κ3) is 1.61. The predicted molar refractivity (Wildman–Crippen MR) is 60.3 cm³/mol. The summed E-state index contributed by atoms with van der Waals surface area (Å²) >= 11 is 3.37. The van der Waals surface area contributed by atoms with Crippen LogP contribution in [0, 0.1) is 0 Å². The molecule has 0 aliphatic heterocycles. The lowest BCUT2D eigenvalue weighted by Crippen LogP contribution is -2.48. The van der Waals surface area contributed by atoms with Crippen LogP contribution in [0.3, 0.4) is 0 Å². The summed E-state index contributed by atoms with van der Waals surface area (Å²) in [5, 5.41) is 0. The minimum Gasteiger partial charge on any atom is -0.206 e. The first kappa shape index (κ1) is 11.1. The number of hydrogen-bond donors (Lipinski definition) is 0. The van der Waals surface area contributed by atoms with Crippen molar-refractivity contribution in [2.24, 2.45) is 0 Å². The van der Waals surface area contributed by atoms with Gasteiger partial charge in [-0.2, -0.15) is 0 Å². The van der Waals surface area contributed by atoms with E-state index in [1.807, 2.05) is 18.2 Å². The second kappa shape index (κ2) is 3.55. The third-order valence-corrected chi connectivity index (χ3v) is 4.13. The van der Waals surface area contributed by atoms with Crippen molar-refractivity contribution >= 4 is 15.9 Å². The van der Waals surface area contributed by atoms with E-state index in [0.29, 0.717) is 12.8 Å². The van der Waals surface area contributed by atoms with Gasteiger partial charge in [0.15, 0.2) is 0 Å². The molecular weight excluding hydrogens is 262 g/mol. The van der Waals surface area contributed by atoms with Gasteiger partial charge in [0, 0.05) is 11.4 Å². The highest BCUT2D eigenvalue weighted by Crippen LogP contribution is 2.55. The van der Waals surface area contributed by atoms with E-state index in [0.717, 1.165) is 23.4 Å². The second-order valence-corrected chi connectivity index (χ2v) is 5.16. The van der Waals surface area contributed by atoms with E-state index < -0.39 is 11.3 Å². The molecule has 0 bridgehead atoms. The molecule has 1 aromatic rings. The highest BCUT2D eigenvalue weighted by Gasteiger charge is 2.55. The van der Waals surface area contributed by atoms with Gasteiger partial charge in [0.2, 0.25) is 0 Å². The molecule has 0 saturated heterocycles. The molecule has 1 aromatic carbocycles. The minimum absolute atomic E-state index is 0.582. The zero-order valence-corrected chi connectivity index (χ0v) is 10.2. The maximum atomic E-state index is 13.7. The first-order valence-electron chi connectivity index (χ1n) is 5.10. The van der Waals surface area contributed by atoms with Crippen molar-refractivity contribution < 1.29 is 8.78 Å². The van der Waals surface area contributed by atoms with Crippen LogP contribution < -0.4 is 0 Å². The number of hydrogen-bond acceptors (Lipinski definition) is 0.